The van der Waals surface area contributed by atoms with E-state index in [1.165, 1.54) is 6.92 Å². The minimum absolute atomic E-state index is 0.0849. The Kier molecular flexibility index (Phi) is 11.3. The molecule has 0 aliphatic rings. The van der Waals surface area contributed by atoms with E-state index in [1.54, 1.807) is 0 Å². The van der Waals surface area contributed by atoms with E-state index in [9.17, 15) is 24.0 Å². The Morgan fingerprint density at radius 2 is 1.68 bits per heavy atom. The lowest BCUT2D eigenvalue weighted by atomic mass is 9.93. The monoisotopic (exact) mass is 354 g/mol. The fourth-order valence-electron chi connectivity index (χ4n) is 2.41. The first-order chi connectivity index (χ1) is 11.6. The number of carbonyl (C=O) groups excluding carboxylic acids is 5. The van der Waals surface area contributed by atoms with Crippen molar-refractivity contribution in [2.75, 3.05) is 0 Å². The topological polar surface area (TPSA) is 123 Å². The summed E-state index contributed by atoms with van der Waals surface area (Å²) in [6.07, 6.45) is 2.39. The Labute approximate surface area is 149 Å². The van der Waals surface area contributed by atoms with Crippen molar-refractivity contribution in [1.29, 1.82) is 0 Å². The maximum Gasteiger partial charge on any atom is 0.220 e. The smallest absolute Gasteiger partial charge is 0.220 e. The van der Waals surface area contributed by atoms with Crippen LogP contribution >= 0.6 is 0 Å². The van der Waals surface area contributed by atoms with Crippen molar-refractivity contribution in [2.24, 2.45) is 11.7 Å². The van der Waals surface area contributed by atoms with Crippen molar-refractivity contribution >= 4 is 29.2 Å². The van der Waals surface area contributed by atoms with Crippen molar-refractivity contribution in [3.8, 4) is 0 Å². The van der Waals surface area contributed by atoms with Crippen molar-refractivity contribution in [3.63, 3.8) is 0 Å². The molecule has 142 valence electrons. The van der Waals surface area contributed by atoms with E-state index in [4.69, 9.17) is 5.73 Å². The van der Waals surface area contributed by atoms with Crippen molar-refractivity contribution in [1.82, 2.24) is 5.32 Å². The van der Waals surface area contributed by atoms with Crippen molar-refractivity contribution < 1.29 is 24.0 Å². The van der Waals surface area contributed by atoms with E-state index in [1.807, 2.05) is 13.8 Å². The standard InChI is InChI=1S/C18H30N2O5/c1-4-5-6-18(25)20-15(11-17(19)24)16(23)9-12(2)7-8-14(22)10-13(3)21/h12,15H,4-11H2,1-3H3,(H2,19,24)(H,20,25)/t12-,15+/m0/s1. The van der Waals surface area contributed by atoms with Crippen LogP contribution in [0.15, 0.2) is 0 Å². The van der Waals surface area contributed by atoms with Gasteiger partial charge in [-0.1, -0.05) is 20.3 Å². The fraction of sp³-hybridized carbons (Fsp3) is 0.722. The summed E-state index contributed by atoms with van der Waals surface area (Å²) in [6, 6.07) is -0.919. The summed E-state index contributed by atoms with van der Waals surface area (Å²) in [5, 5.41) is 2.58. The minimum atomic E-state index is -0.919. The molecular formula is C18H30N2O5. The van der Waals surface area contributed by atoms with Gasteiger partial charge in [0.15, 0.2) is 5.78 Å². The van der Waals surface area contributed by atoms with Gasteiger partial charge in [0.2, 0.25) is 11.8 Å². The highest BCUT2D eigenvalue weighted by Crippen LogP contribution is 2.14. The number of Topliss-reactive ketones (excluding diaryl/α,β-unsaturated/α-hetero) is 3. The number of primary amides is 1. The first kappa shape index (κ1) is 22.9. The number of carbonyl (C=O) groups is 5. The zero-order valence-electron chi connectivity index (χ0n) is 15.4. The van der Waals surface area contributed by atoms with Crippen LogP contribution in [0.5, 0.6) is 0 Å². The number of nitrogens with one attached hydrogen (secondary N) is 1. The van der Waals surface area contributed by atoms with Gasteiger partial charge in [-0.15, -0.1) is 0 Å². The molecule has 2 amide bonds. The van der Waals surface area contributed by atoms with Gasteiger partial charge in [0.1, 0.15) is 11.6 Å². The quantitative estimate of drug-likeness (QED) is 0.457. The van der Waals surface area contributed by atoms with Crippen molar-refractivity contribution in [3.05, 3.63) is 0 Å². The van der Waals surface area contributed by atoms with Crippen LogP contribution in [0, 0.1) is 5.92 Å². The van der Waals surface area contributed by atoms with Gasteiger partial charge in [0.25, 0.3) is 0 Å². The molecule has 0 saturated carbocycles. The molecule has 7 heteroatoms. The summed E-state index contributed by atoms with van der Waals surface area (Å²) in [6.45, 7) is 5.13. The third-order valence-corrected chi connectivity index (χ3v) is 3.80. The number of unbranched alkanes of at least 4 members (excludes halogenated alkanes) is 1. The predicted octanol–water partition coefficient (Wildman–Crippen LogP) is 1.46. The third kappa shape index (κ3) is 12.0. The molecule has 3 N–H and O–H groups in total. The second-order valence-corrected chi connectivity index (χ2v) is 6.63. The van der Waals surface area contributed by atoms with Crippen LogP contribution < -0.4 is 11.1 Å². The van der Waals surface area contributed by atoms with Gasteiger partial charge < -0.3 is 11.1 Å². The summed E-state index contributed by atoms with van der Waals surface area (Å²) < 4.78 is 0. The number of rotatable bonds is 14. The highest BCUT2D eigenvalue weighted by atomic mass is 16.2. The summed E-state index contributed by atoms with van der Waals surface area (Å²) >= 11 is 0. The SMILES string of the molecule is CCCCC(=O)N[C@H](CC(N)=O)C(=O)C[C@@H](C)CCC(=O)CC(C)=O. The first-order valence-corrected chi connectivity index (χ1v) is 8.77. The van der Waals surface area contributed by atoms with Gasteiger partial charge in [-0.25, -0.2) is 0 Å². The first-order valence-electron chi connectivity index (χ1n) is 8.77. The van der Waals surface area contributed by atoms with E-state index in [0.717, 1.165) is 6.42 Å². The molecule has 2 atom stereocenters. The van der Waals surface area contributed by atoms with E-state index in [2.05, 4.69) is 5.32 Å². The number of hydrogen-bond donors (Lipinski definition) is 2. The molecule has 0 saturated heterocycles. The van der Waals surface area contributed by atoms with Gasteiger partial charge in [-0.05, 0) is 25.7 Å². The maximum atomic E-state index is 12.4. The highest BCUT2D eigenvalue weighted by molar-refractivity contribution is 5.98. The molecule has 0 heterocycles. The zero-order chi connectivity index (χ0) is 19.4. The van der Waals surface area contributed by atoms with Crippen LogP contribution in [0.1, 0.15) is 72.1 Å². The van der Waals surface area contributed by atoms with Gasteiger partial charge >= 0.3 is 0 Å². The Morgan fingerprint density at radius 1 is 1.04 bits per heavy atom. The summed E-state index contributed by atoms with van der Waals surface area (Å²) in [4.78, 5) is 57.8. The average Bonchev–Trinajstić information content (AvgIpc) is 2.49. The fourth-order valence-corrected chi connectivity index (χ4v) is 2.41. The zero-order valence-corrected chi connectivity index (χ0v) is 15.4. The van der Waals surface area contributed by atoms with Crippen LogP contribution in [0.3, 0.4) is 0 Å². The maximum absolute atomic E-state index is 12.4. The molecule has 0 radical (unpaired) electrons. The number of amides is 2. The number of nitrogens with two attached hydrogens (primary N) is 1. The second-order valence-electron chi connectivity index (χ2n) is 6.63. The molecule has 0 unspecified atom stereocenters. The van der Waals surface area contributed by atoms with Crippen LogP contribution in [-0.2, 0) is 24.0 Å². The molecule has 0 aromatic rings. The molecule has 0 rings (SSSR count). The third-order valence-electron chi connectivity index (χ3n) is 3.80. The molecule has 0 aliphatic carbocycles. The summed E-state index contributed by atoms with van der Waals surface area (Å²) in [5.74, 6) is -1.61. The lowest BCUT2D eigenvalue weighted by Gasteiger charge is -2.18. The summed E-state index contributed by atoms with van der Waals surface area (Å²) in [5.41, 5.74) is 5.16. The van der Waals surface area contributed by atoms with E-state index < -0.39 is 11.9 Å². The van der Waals surface area contributed by atoms with Crippen LogP contribution in [0.4, 0.5) is 0 Å². The Balaban J connectivity index is 4.53. The van der Waals surface area contributed by atoms with Gasteiger partial charge in [-0.2, -0.15) is 0 Å². The molecule has 7 nitrogen and oxygen atoms in total. The second kappa shape index (κ2) is 12.3. The number of hydrogen-bond acceptors (Lipinski definition) is 5. The Morgan fingerprint density at radius 3 is 2.20 bits per heavy atom. The predicted molar refractivity (Wildman–Crippen MR) is 93.6 cm³/mol. The molecule has 0 spiro atoms. The number of ketones is 3. The largest absolute Gasteiger partial charge is 0.370 e. The molecule has 0 fully saturated rings. The van der Waals surface area contributed by atoms with Gasteiger partial charge in [0.05, 0.1) is 18.9 Å². The lowest BCUT2D eigenvalue weighted by Crippen LogP contribution is -2.43. The average molecular weight is 354 g/mol. The van der Waals surface area contributed by atoms with Crippen LogP contribution in [-0.4, -0.2) is 35.2 Å². The normalized spacial score (nSPS) is 12.9. The van der Waals surface area contributed by atoms with Crippen LogP contribution in [0.2, 0.25) is 0 Å². The Bertz CT molecular complexity index is 502. The van der Waals surface area contributed by atoms with Gasteiger partial charge in [0, 0.05) is 19.3 Å². The lowest BCUT2D eigenvalue weighted by molar-refractivity contribution is -0.130. The minimum Gasteiger partial charge on any atom is -0.370 e. The molecule has 0 aromatic carbocycles. The molecule has 25 heavy (non-hydrogen) atoms. The Hall–Kier alpha value is -2.05. The molecule has 0 aliphatic heterocycles. The van der Waals surface area contributed by atoms with Gasteiger partial charge in [-0.3, -0.25) is 24.0 Å². The van der Waals surface area contributed by atoms with E-state index in [-0.39, 0.29) is 54.9 Å². The highest BCUT2D eigenvalue weighted by Gasteiger charge is 2.24. The molecule has 0 bridgehead atoms. The molecular weight excluding hydrogens is 324 g/mol. The van der Waals surface area contributed by atoms with E-state index in [0.29, 0.717) is 19.3 Å². The van der Waals surface area contributed by atoms with Crippen LogP contribution in [0.25, 0.3) is 0 Å². The summed E-state index contributed by atoms with van der Waals surface area (Å²) in [7, 11) is 0. The van der Waals surface area contributed by atoms with E-state index >= 15 is 0 Å². The van der Waals surface area contributed by atoms with Crippen molar-refractivity contribution in [2.45, 2.75) is 78.2 Å². The molecule has 0 aromatic heterocycles.